The lowest BCUT2D eigenvalue weighted by atomic mass is 10.0. The van der Waals surface area contributed by atoms with Gasteiger partial charge in [-0.2, -0.15) is 13.2 Å². The number of nitrogens with zero attached hydrogens (tertiary/aromatic N) is 1. The summed E-state index contributed by atoms with van der Waals surface area (Å²) in [7, 11) is 0. The van der Waals surface area contributed by atoms with Gasteiger partial charge in [-0.3, -0.25) is 4.79 Å². The zero-order valence-corrected chi connectivity index (χ0v) is 10.3. The van der Waals surface area contributed by atoms with Crippen LogP contribution in [0.2, 0.25) is 0 Å². The molecule has 2 fully saturated rings. The Morgan fingerprint density at radius 1 is 1.21 bits per heavy atom. The summed E-state index contributed by atoms with van der Waals surface area (Å²) in [5, 5.41) is 0. The fraction of sp³-hybridized carbons (Fsp3) is 0.500. The maximum absolute atomic E-state index is 12.9. The molecule has 0 aromatic heterocycles. The van der Waals surface area contributed by atoms with Crippen molar-refractivity contribution in [2.45, 2.75) is 38.0 Å². The van der Waals surface area contributed by atoms with Crippen molar-refractivity contribution in [1.82, 2.24) is 4.90 Å². The monoisotopic (exact) mass is 269 g/mol. The number of benzene rings is 1. The van der Waals surface area contributed by atoms with Crippen LogP contribution in [0.3, 0.4) is 0 Å². The third-order valence-electron chi connectivity index (χ3n) is 4.14. The lowest BCUT2D eigenvalue weighted by molar-refractivity contribution is -0.140. The highest BCUT2D eigenvalue weighted by Gasteiger charge is 2.45. The van der Waals surface area contributed by atoms with Crippen LogP contribution < -0.4 is 0 Å². The number of alkyl halides is 3. The van der Waals surface area contributed by atoms with E-state index in [4.69, 9.17) is 0 Å². The molecule has 5 heteroatoms. The third kappa shape index (κ3) is 2.11. The third-order valence-corrected chi connectivity index (χ3v) is 4.14. The number of likely N-dealkylation sites (tertiary alicyclic amines) is 1. The molecule has 1 aromatic rings. The molecule has 0 N–H and O–H groups in total. The van der Waals surface area contributed by atoms with Crippen molar-refractivity contribution in [3.8, 4) is 0 Å². The molecule has 3 rings (SSSR count). The molecular formula is C14H14F3NO. The highest BCUT2D eigenvalue weighted by molar-refractivity contribution is 5.82. The lowest BCUT2D eigenvalue weighted by Crippen LogP contribution is -2.36. The average Bonchev–Trinajstić information content (AvgIpc) is 2.92. The first-order valence-electron chi connectivity index (χ1n) is 6.42. The maximum Gasteiger partial charge on any atom is 0.416 e. The zero-order chi connectivity index (χ0) is 13.6. The number of rotatable bonds is 2. The van der Waals surface area contributed by atoms with Crippen molar-refractivity contribution < 1.29 is 18.0 Å². The van der Waals surface area contributed by atoms with Crippen LogP contribution in [-0.2, 0) is 17.5 Å². The maximum atomic E-state index is 12.9. The molecule has 2 nitrogen and oxygen atoms in total. The van der Waals surface area contributed by atoms with E-state index in [0.717, 1.165) is 25.3 Å². The van der Waals surface area contributed by atoms with Gasteiger partial charge in [0.15, 0.2) is 0 Å². The zero-order valence-electron chi connectivity index (χ0n) is 10.3. The normalized spacial score (nSPS) is 26.3. The summed E-state index contributed by atoms with van der Waals surface area (Å²) >= 11 is 0. The number of halogens is 3. The molecule has 0 spiro atoms. The first-order chi connectivity index (χ1) is 8.97. The average molecular weight is 269 g/mol. The van der Waals surface area contributed by atoms with Crippen LogP contribution in [-0.4, -0.2) is 16.8 Å². The van der Waals surface area contributed by atoms with Gasteiger partial charge in [0.2, 0.25) is 5.91 Å². The van der Waals surface area contributed by atoms with Gasteiger partial charge >= 0.3 is 6.18 Å². The van der Waals surface area contributed by atoms with Crippen molar-refractivity contribution >= 4 is 5.91 Å². The van der Waals surface area contributed by atoms with Crippen LogP contribution in [0.4, 0.5) is 13.2 Å². The fourth-order valence-corrected chi connectivity index (χ4v) is 3.20. The quantitative estimate of drug-likeness (QED) is 0.807. The number of hydrogen-bond acceptors (Lipinski definition) is 1. The van der Waals surface area contributed by atoms with Gasteiger partial charge in [-0.05, 0) is 30.9 Å². The van der Waals surface area contributed by atoms with Gasteiger partial charge in [-0.25, -0.2) is 0 Å². The molecule has 1 aliphatic carbocycles. The Bertz CT molecular complexity index is 512. The van der Waals surface area contributed by atoms with E-state index in [9.17, 15) is 18.0 Å². The van der Waals surface area contributed by atoms with Crippen LogP contribution in [0.25, 0.3) is 0 Å². The minimum atomic E-state index is -4.36. The van der Waals surface area contributed by atoms with Gasteiger partial charge in [-0.1, -0.05) is 18.2 Å². The Kier molecular flexibility index (Phi) is 2.80. The van der Waals surface area contributed by atoms with E-state index in [1.807, 2.05) is 0 Å². The van der Waals surface area contributed by atoms with E-state index in [-0.39, 0.29) is 30.0 Å². The van der Waals surface area contributed by atoms with Crippen molar-refractivity contribution in [3.05, 3.63) is 35.4 Å². The molecular weight excluding hydrogens is 255 g/mol. The molecule has 1 saturated carbocycles. The first kappa shape index (κ1) is 12.5. The summed E-state index contributed by atoms with van der Waals surface area (Å²) < 4.78 is 38.7. The largest absolute Gasteiger partial charge is 0.416 e. The highest BCUT2D eigenvalue weighted by atomic mass is 19.4. The molecule has 2 atom stereocenters. The molecule has 2 aliphatic rings. The van der Waals surface area contributed by atoms with Crippen LogP contribution in [0.5, 0.6) is 0 Å². The minimum Gasteiger partial charge on any atom is -0.335 e. The van der Waals surface area contributed by atoms with E-state index < -0.39 is 11.7 Å². The molecule has 1 aromatic carbocycles. The van der Waals surface area contributed by atoms with Crippen molar-refractivity contribution in [2.24, 2.45) is 5.92 Å². The predicted octanol–water partition coefficient (Wildman–Crippen LogP) is 3.22. The van der Waals surface area contributed by atoms with E-state index in [1.165, 1.54) is 12.1 Å². The molecule has 19 heavy (non-hydrogen) atoms. The summed E-state index contributed by atoms with van der Waals surface area (Å²) in [6.45, 7) is 0.0791. The Hall–Kier alpha value is -1.52. The number of piperidine rings is 1. The summed E-state index contributed by atoms with van der Waals surface area (Å²) in [5.74, 6) is 0.0660. The smallest absolute Gasteiger partial charge is 0.335 e. The lowest BCUT2D eigenvalue weighted by Gasteiger charge is -2.28. The van der Waals surface area contributed by atoms with E-state index in [1.54, 1.807) is 11.0 Å². The van der Waals surface area contributed by atoms with Gasteiger partial charge in [0.25, 0.3) is 0 Å². The standard InChI is InChI=1S/C14H14F3NO/c15-14(16,17)12-4-2-1-3-10(12)8-18-11-6-5-9(7-11)13(18)19/h1-4,9,11H,5-8H2/t9-,11+/m1/s1. The minimum absolute atomic E-state index is 0.0215. The molecule has 0 unspecified atom stereocenters. The summed E-state index contributed by atoms with van der Waals surface area (Å²) in [6.07, 6.45) is -1.74. The van der Waals surface area contributed by atoms with Crippen molar-refractivity contribution in [3.63, 3.8) is 0 Å². The van der Waals surface area contributed by atoms with Crippen LogP contribution in [0.15, 0.2) is 24.3 Å². The van der Waals surface area contributed by atoms with Gasteiger partial charge < -0.3 is 4.90 Å². The molecule has 1 saturated heterocycles. The number of carbonyl (C=O) groups is 1. The molecule has 102 valence electrons. The topological polar surface area (TPSA) is 20.3 Å². The first-order valence-corrected chi connectivity index (χ1v) is 6.42. The number of carbonyl (C=O) groups excluding carboxylic acids is 1. The van der Waals surface area contributed by atoms with Crippen LogP contribution >= 0.6 is 0 Å². The van der Waals surface area contributed by atoms with E-state index in [2.05, 4.69) is 0 Å². The molecule has 2 bridgehead atoms. The summed E-state index contributed by atoms with van der Waals surface area (Å²) in [4.78, 5) is 13.6. The number of amides is 1. The SMILES string of the molecule is O=C1[C@@H]2CC[C@@H](C2)N1Cc1ccccc1C(F)(F)F. The predicted molar refractivity (Wildman–Crippen MR) is 63.1 cm³/mol. The second-order valence-corrected chi connectivity index (χ2v) is 5.28. The van der Waals surface area contributed by atoms with Gasteiger partial charge in [0.1, 0.15) is 0 Å². The molecule has 1 amide bonds. The second-order valence-electron chi connectivity index (χ2n) is 5.28. The number of hydrogen-bond donors (Lipinski definition) is 0. The Labute approximate surface area is 109 Å². The van der Waals surface area contributed by atoms with E-state index >= 15 is 0 Å². The van der Waals surface area contributed by atoms with Gasteiger partial charge in [0, 0.05) is 18.5 Å². The van der Waals surface area contributed by atoms with Crippen LogP contribution in [0, 0.1) is 5.92 Å². The van der Waals surface area contributed by atoms with Crippen molar-refractivity contribution in [2.75, 3.05) is 0 Å². The summed E-state index contributed by atoms with van der Waals surface area (Å²) in [6, 6.07) is 5.64. The summed E-state index contributed by atoms with van der Waals surface area (Å²) in [5.41, 5.74) is -0.443. The van der Waals surface area contributed by atoms with Gasteiger partial charge in [-0.15, -0.1) is 0 Å². The second kappa shape index (κ2) is 4.25. The molecule has 1 heterocycles. The van der Waals surface area contributed by atoms with Crippen molar-refractivity contribution in [1.29, 1.82) is 0 Å². The molecule has 1 aliphatic heterocycles. The Morgan fingerprint density at radius 2 is 1.95 bits per heavy atom. The Morgan fingerprint density at radius 3 is 2.58 bits per heavy atom. The van der Waals surface area contributed by atoms with Crippen LogP contribution in [0.1, 0.15) is 30.4 Å². The van der Waals surface area contributed by atoms with E-state index in [0.29, 0.717) is 0 Å². The highest BCUT2D eigenvalue weighted by Crippen LogP contribution is 2.40. The fourth-order valence-electron chi connectivity index (χ4n) is 3.20. The molecule has 0 radical (unpaired) electrons. The Balaban J connectivity index is 1.86. The van der Waals surface area contributed by atoms with Gasteiger partial charge in [0.05, 0.1) is 5.56 Å². The number of fused-ring (bicyclic) bond motifs is 2.